The van der Waals surface area contributed by atoms with Gasteiger partial charge in [0.25, 0.3) is 0 Å². The topological polar surface area (TPSA) is 18.5 Å². The number of fused-ring (bicyclic) bond motifs is 1. The summed E-state index contributed by atoms with van der Waals surface area (Å²) < 4.78 is 0. The van der Waals surface area contributed by atoms with Crippen LogP contribution in [0, 0.1) is 5.92 Å². The van der Waals surface area contributed by atoms with Crippen LogP contribution < -0.4 is 5.32 Å². The van der Waals surface area contributed by atoms with Gasteiger partial charge in [0.15, 0.2) is 0 Å². The molecule has 3 nitrogen and oxygen atoms in total. The molecule has 0 aromatic heterocycles. The second-order valence-corrected chi connectivity index (χ2v) is 6.21. The molecule has 0 radical (unpaired) electrons. The number of piperazine rings is 1. The summed E-state index contributed by atoms with van der Waals surface area (Å²) in [7, 11) is 2.08. The van der Waals surface area contributed by atoms with Crippen molar-refractivity contribution in [3.05, 3.63) is 0 Å². The molecule has 3 atom stereocenters. The van der Waals surface area contributed by atoms with Crippen LogP contribution in [0.15, 0.2) is 0 Å². The summed E-state index contributed by atoms with van der Waals surface area (Å²) in [6.45, 7) is 12.1. The molecule has 0 spiro atoms. The third-order valence-electron chi connectivity index (χ3n) is 4.59. The maximum Gasteiger partial charge on any atom is 0.0247 e. The first-order valence-corrected chi connectivity index (χ1v) is 7.28. The predicted octanol–water partition coefficient (Wildman–Crippen LogP) is 1.40. The minimum absolute atomic E-state index is 0.692. The summed E-state index contributed by atoms with van der Waals surface area (Å²) in [6.07, 6.45) is 2.82. The Bertz CT molecular complexity index is 242. The van der Waals surface area contributed by atoms with Crippen LogP contribution in [0.25, 0.3) is 0 Å². The number of nitrogens with one attached hydrogen (secondary N) is 1. The molecule has 2 aliphatic rings. The van der Waals surface area contributed by atoms with Crippen molar-refractivity contribution >= 4 is 0 Å². The monoisotopic (exact) mass is 239 g/mol. The average Bonchev–Trinajstić information content (AvgIpc) is 2.71. The van der Waals surface area contributed by atoms with Gasteiger partial charge in [0, 0.05) is 37.8 Å². The Kier molecular flexibility index (Phi) is 4.45. The Balaban J connectivity index is 2.02. The highest BCUT2D eigenvalue weighted by atomic mass is 15.3. The van der Waals surface area contributed by atoms with Crippen LogP contribution in [0.2, 0.25) is 0 Å². The third-order valence-corrected chi connectivity index (χ3v) is 4.59. The van der Waals surface area contributed by atoms with Gasteiger partial charge in [-0.25, -0.2) is 0 Å². The summed E-state index contributed by atoms with van der Waals surface area (Å²) in [5, 5.41) is 3.37. The molecule has 17 heavy (non-hydrogen) atoms. The highest BCUT2D eigenvalue weighted by molar-refractivity contribution is 4.94. The molecule has 0 saturated carbocycles. The van der Waals surface area contributed by atoms with Crippen LogP contribution >= 0.6 is 0 Å². The van der Waals surface area contributed by atoms with Crippen molar-refractivity contribution in [1.82, 2.24) is 15.1 Å². The van der Waals surface area contributed by atoms with E-state index in [1.54, 1.807) is 0 Å². The van der Waals surface area contributed by atoms with Gasteiger partial charge >= 0.3 is 0 Å². The fourth-order valence-corrected chi connectivity index (χ4v) is 3.62. The summed E-state index contributed by atoms with van der Waals surface area (Å²) in [6, 6.07) is 2.24. The number of hydrogen-bond acceptors (Lipinski definition) is 3. The van der Waals surface area contributed by atoms with E-state index in [0.29, 0.717) is 12.1 Å². The van der Waals surface area contributed by atoms with Crippen molar-refractivity contribution in [2.24, 2.45) is 5.92 Å². The van der Waals surface area contributed by atoms with Crippen molar-refractivity contribution < 1.29 is 0 Å². The maximum atomic E-state index is 3.37. The molecule has 0 aliphatic carbocycles. The molecule has 0 aromatic carbocycles. The smallest absolute Gasteiger partial charge is 0.0247 e. The standard InChI is InChI=1S/C14H29N3/c1-11(2)14(8-15-4)17-10-13-6-5-7-16(13)9-12(17)3/h11-15H,5-10H2,1-4H3. The SMILES string of the molecule is CNCC(C(C)C)N1CC2CCCN2CC1C. The largest absolute Gasteiger partial charge is 0.318 e. The zero-order valence-corrected chi connectivity index (χ0v) is 11.9. The molecule has 3 unspecified atom stereocenters. The maximum absolute atomic E-state index is 3.37. The van der Waals surface area contributed by atoms with Gasteiger partial charge in [-0.3, -0.25) is 9.80 Å². The van der Waals surface area contributed by atoms with E-state index in [1.807, 2.05) is 0 Å². The van der Waals surface area contributed by atoms with Gasteiger partial charge in [-0.1, -0.05) is 13.8 Å². The molecule has 2 rings (SSSR count). The second kappa shape index (κ2) is 5.68. The van der Waals surface area contributed by atoms with Gasteiger partial charge in [0.1, 0.15) is 0 Å². The fourth-order valence-electron chi connectivity index (χ4n) is 3.62. The van der Waals surface area contributed by atoms with Gasteiger partial charge < -0.3 is 5.32 Å². The van der Waals surface area contributed by atoms with Gasteiger partial charge in [-0.2, -0.15) is 0 Å². The second-order valence-electron chi connectivity index (χ2n) is 6.21. The lowest BCUT2D eigenvalue weighted by atomic mass is 9.97. The molecule has 100 valence electrons. The zero-order chi connectivity index (χ0) is 12.4. The Morgan fingerprint density at radius 1 is 1.29 bits per heavy atom. The first-order valence-electron chi connectivity index (χ1n) is 7.28. The lowest BCUT2D eigenvalue weighted by molar-refractivity contribution is 0.0139. The molecular weight excluding hydrogens is 210 g/mol. The Hall–Kier alpha value is -0.120. The van der Waals surface area contributed by atoms with Crippen molar-refractivity contribution in [3.63, 3.8) is 0 Å². The molecule has 2 aliphatic heterocycles. The van der Waals surface area contributed by atoms with Crippen LogP contribution in [0.5, 0.6) is 0 Å². The molecule has 0 aromatic rings. The Labute approximate surface area is 107 Å². The zero-order valence-electron chi connectivity index (χ0n) is 11.9. The van der Waals surface area contributed by atoms with E-state index in [-0.39, 0.29) is 0 Å². The number of nitrogens with zero attached hydrogens (tertiary/aromatic N) is 2. The molecule has 0 amide bonds. The van der Waals surface area contributed by atoms with Gasteiger partial charge in [0.05, 0.1) is 0 Å². The minimum Gasteiger partial charge on any atom is -0.318 e. The summed E-state index contributed by atoms with van der Waals surface area (Å²) in [5.74, 6) is 0.734. The van der Waals surface area contributed by atoms with E-state index in [4.69, 9.17) is 0 Å². The van der Waals surface area contributed by atoms with Crippen molar-refractivity contribution in [1.29, 1.82) is 0 Å². The average molecular weight is 239 g/mol. The molecular formula is C14H29N3. The van der Waals surface area contributed by atoms with Gasteiger partial charge in [-0.15, -0.1) is 0 Å². The third kappa shape index (κ3) is 2.83. The van der Waals surface area contributed by atoms with E-state index in [1.165, 1.54) is 32.5 Å². The lowest BCUT2D eigenvalue weighted by Gasteiger charge is -2.47. The van der Waals surface area contributed by atoms with E-state index in [2.05, 4.69) is 42.9 Å². The van der Waals surface area contributed by atoms with Crippen LogP contribution in [0.4, 0.5) is 0 Å². The highest BCUT2D eigenvalue weighted by Crippen LogP contribution is 2.27. The summed E-state index contributed by atoms with van der Waals surface area (Å²) >= 11 is 0. The van der Waals surface area contributed by atoms with E-state index < -0.39 is 0 Å². The predicted molar refractivity (Wildman–Crippen MR) is 73.3 cm³/mol. The van der Waals surface area contributed by atoms with Crippen molar-refractivity contribution in [2.75, 3.05) is 33.2 Å². The quantitative estimate of drug-likeness (QED) is 0.800. The summed E-state index contributed by atoms with van der Waals surface area (Å²) in [5.41, 5.74) is 0. The number of likely N-dealkylation sites (N-methyl/N-ethyl adjacent to an activating group) is 1. The van der Waals surface area contributed by atoms with Crippen LogP contribution in [-0.2, 0) is 0 Å². The van der Waals surface area contributed by atoms with E-state index in [9.17, 15) is 0 Å². The van der Waals surface area contributed by atoms with Crippen molar-refractivity contribution in [2.45, 2.75) is 51.7 Å². The van der Waals surface area contributed by atoms with Gasteiger partial charge in [-0.05, 0) is 39.3 Å². The molecule has 1 N–H and O–H groups in total. The number of rotatable bonds is 4. The molecule has 2 saturated heterocycles. The number of hydrogen-bond donors (Lipinski definition) is 1. The minimum atomic E-state index is 0.692. The van der Waals surface area contributed by atoms with Crippen LogP contribution in [-0.4, -0.2) is 61.2 Å². The molecule has 2 heterocycles. The molecule has 2 fully saturated rings. The summed E-state index contributed by atoms with van der Waals surface area (Å²) in [4.78, 5) is 5.46. The normalized spacial score (nSPS) is 33.0. The van der Waals surface area contributed by atoms with E-state index >= 15 is 0 Å². The first-order chi connectivity index (χ1) is 8.13. The fraction of sp³-hybridized carbons (Fsp3) is 1.00. The lowest BCUT2D eigenvalue weighted by Crippen LogP contribution is -2.60. The van der Waals surface area contributed by atoms with Crippen molar-refractivity contribution in [3.8, 4) is 0 Å². The molecule has 3 heteroatoms. The van der Waals surface area contributed by atoms with Gasteiger partial charge in [0.2, 0.25) is 0 Å². The Morgan fingerprint density at radius 3 is 2.71 bits per heavy atom. The Morgan fingerprint density at radius 2 is 2.06 bits per heavy atom. The van der Waals surface area contributed by atoms with Crippen LogP contribution in [0.3, 0.4) is 0 Å². The first kappa shape index (κ1) is 13.3. The highest BCUT2D eigenvalue weighted by Gasteiger charge is 2.37. The van der Waals surface area contributed by atoms with E-state index in [0.717, 1.165) is 18.5 Å². The molecule has 0 bridgehead atoms. The van der Waals surface area contributed by atoms with Crippen LogP contribution in [0.1, 0.15) is 33.6 Å².